The SMILES string of the molecule is COc1cccc(C(=O)C=Cc2cc(Cl)c(OC(F)F)c(OC)c2)c1. The number of halogens is 3. The molecule has 132 valence electrons. The first-order valence-electron chi connectivity index (χ1n) is 7.13. The molecule has 0 saturated heterocycles. The van der Waals surface area contributed by atoms with Gasteiger partial charge in [-0.2, -0.15) is 8.78 Å². The van der Waals surface area contributed by atoms with Crippen molar-refractivity contribution in [3.05, 3.63) is 58.6 Å². The van der Waals surface area contributed by atoms with E-state index in [-0.39, 0.29) is 22.3 Å². The maximum Gasteiger partial charge on any atom is 0.387 e. The summed E-state index contributed by atoms with van der Waals surface area (Å²) in [5.74, 6) is 0.107. The van der Waals surface area contributed by atoms with Gasteiger partial charge in [-0.05, 0) is 35.9 Å². The highest BCUT2D eigenvalue weighted by Gasteiger charge is 2.15. The Balaban J connectivity index is 2.25. The number of carbonyl (C=O) groups excluding carboxylic acids is 1. The van der Waals surface area contributed by atoms with Crippen LogP contribution in [-0.4, -0.2) is 26.6 Å². The summed E-state index contributed by atoms with van der Waals surface area (Å²) in [5.41, 5.74) is 0.950. The monoisotopic (exact) mass is 368 g/mol. The number of hydrogen-bond acceptors (Lipinski definition) is 4. The van der Waals surface area contributed by atoms with Gasteiger partial charge in [-0.25, -0.2) is 0 Å². The van der Waals surface area contributed by atoms with Crippen molar-refractivity contribution >= 4 is 23.5 Å². The Kier molecular flexibility index (Phi) is 6.36. The molecule has 0 atom stereocenters. The Morgan fingerprint density at radius 1 is 1.16 bits per heavy atom. The minimum atomic E-state index is -3.03. The van der Waals surface area contributed by atoms with Crippen molar-refractivity contribution in [2.24, 2.45) is 0 Å². The first-order valence-corrected chi connectivity index (χ1v) is 7.51. The lowest BCUT2D eigenvalue weighted by molar-refractivity contribution is -0.0511. The number of ether oxygens (including phenoxy) is 3. The highest BCUT2D eigenvalue weighted by atomic mass is 35.5. The molecule has 2 rings (SSSR count). The molecule has 0 bridgehead atoms. The van der Waals surface area contributed by atoms with E-state index in [0.29, 0.717) is 16.9 Å². The zero-order valence-electron chi connectivity index (χ0n) is 13.5. The van der Waals surface area contributed by atoms with Crippen LogP contribution in [0.2, 0.25) is 5.02 Å². The molecule has 2 aromatic rings. The molecule has 0 radical (unpaired) electrons. The molecule has 0 saturated carbocycles. The Hall–Kier alpha value is -2.60. The first-order chi connectivity index (χ1) is 11.9. The Morgan fingerprint density at radius 3 is 2.56 bits per heavy atom. The molecule has 0 heterocycles. The van der Waals surface area contributed by atoms with Crippen molar-refractivity contribution in [3.63, 3.8) is 0 Å². The molecular formula is C18H15ClF2O4. The van der Waals surface area contributed by atoms with E-state index in [1.807, 2.05) is 0 Å². The van der Waals surface area contributed by atoms with Crippen LogP contribution in [0.1, 0.15) is 15.9 Å². The minimum absolute atomic E-state index is 0.0429. The van der Waals surface area contributed by atoms with Gasteiger partial charge in [0, 0.05) is 5.56 Å². The molecule has 0 fully saturated rings. The second-order valence-electron chi connectivity index (χ2n) is 4.84. The zero-order chi connectivity index (χ0) is 18.4. The average Bonchev–Trinajstić information content (AvgIpc) is 2.61. The van der Waals surface area contributed by atoms with Crippen molar-refractivity contribution in [2.75, 3.05) is 14.2 Å². The van der Waals surface area contributed by atoms with Gasteiger partial charge in [0.05, 0.1) is 19.2 Å². The van der Waals surface area contributed by atoms with Gasteiger partial charge in [-0.3, -0.25) is 4.79 Å². The fraction of sp³-hybridized carbons (Fsp3) is 0.167. The van der Waals surface area contributed by atoms with Crippen LogP contribution in [0.4, 0.5) is 8.78 Å². The molecule has 0 aliphatic rings. The van der Waals surface area contributed by atoms with Gasteiger partial charge in [-0.1, -0.05) is 29.8 Å². The maximum atomic E-state index is 12.4. The third kappa shape index (κ3) is 4.93. The third-order valence-corrected chi connectivity index (χ3v) is 3.52. The van der Waals surface area contributed by atoms with Crippen molar-refractivity contribution < 1.29 is 27.8 Å². The van der Waals surface area contributed by atoms with E-state index in [1.165, 1.54) is 38.5 Å². The van der Waals surface area contributed by atoms with E-state index in [9.17, 15) is 13.6 Å². The van der Waals surface area contributed by atoms with Gasteiger partial charge in [0.2, 0.25) is 0 Å². The lowest BCUT2D eigenvalue weighted by atomic mass is 10.1. The summed E-state index contributed by atoms with van der Waals surface area (Å²) in [6.07, 6.45) is 2.84. The summed E-state index contributed by atoms with van der Waals surface area (Å²) in [5, 5.41) is -0.0480. The van der Waals surface area contributed by atoms with Gasteiger partial charge in [0.1, 0.15) is 5.75 Å². The molecule has 0 spiro atoms. The van der Waals surface area contributed by atoms with Crippen molar-refractivity contribution in [1.82, 2.24) is 0 Å². The summed E-state index contributed by atoms with van der Waals surface area (Å²) in [6.45, 7) is -3.03. The minimum Gasteiger partial charge on any atom is -0.497 e. The number of allylic oxidation sites excluding steroid dienone is 1. The summed E-state index contributed by atoms with van der Waals surface area (Å²) in [7, 11) is 2.82. The zero-order valence-corrected chi connectivity index (χ0v) is 14.2. The number of rotatable bonds is 7. The fourth-order valence-electron chi connectivity index (χ4n) is 2.08. The predicted molar refractivity (Wildman–Crippen MR) is 91.0 cm³/mol. The molecule has 7 heteroatoms. The molecule has 2 aromatic carbocycles. The molecule has 0 unspecified atom stereocenters. The lowest BCUT2D eigenvalue weighted by Gasteiger charge is -2.12. The molecule has 25 heavy (non-hydrogen) atoms. The van der Waals surface area contributed by atoms with E-state index in [4.69, 9.17) is 21.1 Å². The van der Waals surface area contributed by atoms with Crippen molar-refractivity contribution in [3.8, 4) is 17.2 Å². The molecular weight excluding hydrogens is 354 g/mol. The summed E-state index contributed by atoms with van der Waals surface area (Å²) < 4.78 is 39.3. The Labute approximate surface area is 148 Å². The molecule has 0 aliphatic carbocycles. The van der Waals surface area contributed by atoms with Crippen LogP contribution in [0.15, 0.2) is 42.5 Å². The predicted octanol–water partition coefficient (Wildman–Crippen LogP) is 4.85. The van der Waals surface area contributed by atoms with E-state index in [0.717, 1.165) is 0 Å². The van der Waals surface area contributed by atoms with Crippen LogP contribution in [0.25, 0.3) is 6.08 Å². The van der Waals surface area contributed by atoms with Gasteiger partial charge in [0.25, 0.3) is 0 Å². The summed E-state index contributed by atoms with van der Waals surface area (Å²) in [6, 6.07) is 9.54. The quantitative estimate of drug-likeness (QED) is 0.517. The second kappa shape index (κ2) is 8.48. The van der Waals surface area contributed by atoms with Crippen LogP contribution in [0.5, 0.6) is 17.2 Å². The number of alkyl halides is 2. The number of methoxy groups -OCH3 is 2. The van der Waals surface area contributed by atoms with Crippen molar-refractivity contribution in [1.29, 1.82) is 0 Å². The molecule has 0 aromatic heterocycles. The second-order valence-corrected chi connectivity index (χ2v) is 5.25. The van der Waals surface area contributed by atoms with Gasteiger partial charge >= 0.3 is 6.61 Å². The fourth-order valence-corrected chi connectivity index (χ4v) is 2.35. The van der Waals surface area contributed by atoms with Crippen LogP contribution in [-0.2, 0) is 0 Å². The van der Waals surface area contributed by atoms with Crippen LogP contribution in [0.3, 0.4) is 0 Å². The number of benzene rings is 2. The molecule has 0 N–H and O–H groups in total. The smallest absolute Gasteiger partial charge is 0.387 e. The number of ketones is 1. The number of carbonyl (C=O) groups is 1. The van der Waals surface area contributed by atoms with E-state index >= 15 is 0 Å². The molecule has 0 aliphatic heterocycles. The van der Waals surface area contributed by atoms with E-state index in [2.05, 4.69) is 4.74 Å². The van der Waals surface area contributed by atoms with Crippen molar-refractivity contribution in [2.45, 2.75) is 6.61 Å². The molecule has 0 amide bonds. The average molecular weight is 369 g/mol. The highest BCUT2D eigenvalue weighted by Crippen LogP contribution is 2.37. The first kappa shape index (κ1) is 18.7. The van der Waals surface area contributed by atoms with Gasteiger partial charge in [0.15, 0.2) is 17.3 Å². The maximum absolute atomic E-state index is 12.4. The standard InChI is InChI=1S/C18H15ClF2O4/c1-23-13-5-3-4-12(10-13)15(22)7-6-11-8-14(19)17(25-18(20)21)16(9-11)24-2/h3-10,18H,1-2H3. The van der Waals surface area contributed by atoms with E-state index in [1.54, 1.807) is 24.3 Å². The normalized spacial score (nSPS) is 11.0. The largest absolute Gasteiger partial charge is 0.497 e. The lowest BCUT2D eigenvalue weighted by Crippen LogP contribution is -2.04. The van der Waals surface area contributed by atoms with Crippen LogP contribution in [0, 0.1) is 0 Å². The van der Waals surface area contributed by atoms with Gasteiger partial charge < -0.3 is 14.2 Å². The number of hydrogen-bond donors (Lipinski definition) is 0. The summed E-state index contributed by atoms with van der Waals surface area (Å²) in [4.78, 5) is 12.2. The summed E-state index contributed by atoms with van der Waals surface area (Å²) >= 11 is 5.96. The highest BCUT2D eigenvalue weighted by molar-refractivity contribution is 6.32. The Morgan fingerprint density at radius 2 is 1.92 bits per heavy atom. The third-order valence-electron chi connectivity index (χ3n) is 3.24. The molecule has 4 nitrogen and oxygen atoms in total. The Bertz CT molecular complexity index is 791. The van der Waals surface area contributed by atoms with Crippen LogP contribution < -0.4 is 14.2 Å². The van der Waals surface area contributed by atoms with Crippen LogP contribution >= 0.6 is 11.6 Å². The topological polar surface area (TPSA) is 44.8 Å². The van der Waals surface area contributed by atoms with Gasteiger partial charge in [-0.15, -0.1) is 0 Å². The van der Waals surface area contributed by atoms with E-state index < -0.39 is 6.61 Å².